The molecule has 0 unspecified atom stereocenters. The van der Waals surface area contributed by atoms with E-state index in [9.17, 15) is 13.2 Å². The smallest absolute Gasteiger partial charge is 0.379 e. The number of alkyl halides is 3. The van der Waals surface area contributed by atoms with Crippen molar-refractivity contribution in [3.8, 4) is 0 Å². The van der Waals surface area contributed by atoms with Crippen LogP contribution in [0, 0.1) is 5.92 Å². The van der Waals surface area contributed by atoms with Crippen molar-refractivity contribution in [1.29, 1.82) is 0 Å². The highest BCUT2D eigenvalue weighted by atomic mass is 19.4. The first kappa shape index (κ1) is 16.9. The number of nitrogens with one attached hydrogen (secondary N) is 1. The van der Waals surface area contributed by atoms with Gasteiger partial charge in [-0.2, -0.15) is 13.2 Å². The average molecular weight is 294 g/mol. The van der Waals surface area contributed by atoms with Gasteiger partial charge in [0.1, 0.15) is 0 Å². The van der Waals surface area contributed by atoms with Crippen molar-refractivity contribution in [3.05, 3.63) is 11.9 Å². The summed E-state index contributed by atoms with van der Waals surface area (Å²) in [4.78, 5) is 0. The number of hydrogen-bond acceptors (Lipinski definition) is 4. The third-order valence-electron chi connectivity index (χ3n) is 2.44. The topological polar surface area (TPSA) is 52.0 Å². The van der Waals surface area contributed by atoms with E-state index in [1.807, 2.05) is 0 Å². The molecule has 0 radical (unpaired) electrons. The predicted octanol–water partition coefficient (Wildman–Crippen LogP) is 1.99. The third-order valence-corrected chi connectivity index (χ3v) is 2.44. The number of nitrogens with zero attached hydrogens (tertiary/aromatic N) is 3. The number of hydrogen-bond donors (Lipinski definition) is 1. The van der Waals surface area contributed by atoms with Gasteiger partial charge in [0.15, 0.2) is 0 Å². The average Bonchev–Trinajstić information content (AvgIpc) is 2.74. The number of rotatable bonds is 9. The first-order valence-electron chi connectivity index (χ1n) is 6.61. The van der Waals surface area contributed by atoms with Gasteiger partial charge in [0.05, 0.1) is 31.9 Å². The van der Waals surface area contributed by atoms with E-state index in [1.165, 1.54) is 0 Å². The zero-order valence-electron chi connectivity index (χ0n) is 11.8. The quantitative estimate of drug-likeness (QED) is 0.708. The summed E-state index contributed by atoms with van der Waals surface area (Å²) in [6, 6.07) is 0. The van der Waals surface area contributed by atoms with Crippen LogP contribution < -0.4 is 5.32 Å². The maximum absolute atomic E-state index is 11.9. The van der Waals surface area contributed by atoms with Crippen LogP contribution in [-0.2, 0) is 17.8 Å². The van der Waals surface area contributed by atoms with Crippen molar-refractivity contribution in [3.63, 3.8) is 0 Å². The summed E-state index contributed by atoms with van der Waals surface area (Å²) in [5.74, 6) is 0.562. The Balaban J connectivity index is 2.14. The lowest BCUT2D eigenvalue weighted by Gasteiger charge is -2.06. The molecule has 0 atom stereocenters. The van der Waals surface area contributed by atoms with Crippen LogP contribution in [0.1, 0.15) is 26.0 Å². The molecule has 1 aromatic rings. The molecule has 1 N–H and O–H groups in total. The number of ether oxygens (including phenoxy) is 1. The molecule has 0 bridgehead atoms. The highest BCUT2D eigenvalue weighted by Gasteiger charge is 2.26. The van der Waals surface area contributed by atoms with Crippen LogP contribution in [0.5, 0.6) is 0 Å². The van der Waals surface area contributed by atoms with Gasteiger partial charge in [-0.3, -0.25) is 0 Å². The second-order valence-electron chi connectivity index (χ2n) is 4.98. The van der Waals surface area contributed by atoms with Crippen LogP contribution in [0.2, 0.25) is 0 Å². The normalized spacial score (nSPS) is 12.3. The lowest BCUT2D eigenvalue weighted by atomic mass is 10.2. The van der Waals surface area contributed by atoms with Gasteiger partial charge in [0.2, 0.25) is 0 Å². The van der Waals surface area contributed by atoms with Crippen LogP contribution >= 0.6 is 0 Å². The molecule has 0 fully saturated rings. The third kappa shape index (κ3) is 8.11. The van der Waals surface area contributed by atoms with Crippen molar-refractivity contribution in [2.45, 2.75) is 39.5 Å². The van der Waals surface area contributed by atoms with Crippen LogP contribution in [0.3, 0.4) is 0 Å². The molecule has 1 heterocycles. The van der Waals surface area contributed by atoms with Crippen LogP contribution in [0.25, 0.3) is 0 Å². The van der Waals surface area contributed by atoms with E-state index in [4.69, 9.17) is 4.74 Å². The second kappa shape index (κ2) is 8.21. The molecule has 0 aromatic carbocycles. The molecule has 0 spiro atoms. The summed E-state index contributed by atoms with van der Waals surface area (Å²) in [6.45, 7) is 6.03. The molecule has 0 amide bonds. The summed E-state index contributed by atoms with van der Waals surface area (Å²) in [5.41, 5.74) is 0.806. The van der Waals surface area contributed by atoms with E-state index in [-0.39, 0.29) is 13.2 Å². The van der Waals surface area contributed by atoms with Crippen molar-refractivity contribution < 1.29 is 17.9 Å². The summed E-state index contributed by atoms with van der Waals surface area (Å²) < 4.78 is 42.1. The number of halogens is 3. The molecular weight excluding hydrogens is 273 g/mol. The monoisotopic (exact) mass is 294 g/mol. The summed E-state index contributed by atoms with van der Waals surface area (Å²) in [6.07, 6.45) is -3.32. The van der Waals surface area contributed by atoms with E-state index < -0.39 is 12.6 Å². The van der Waals surface area contributed by atoms with Crippen molar-refractivity contribution in [2.24, 2.45) is 5.92 Å². The Morgan fingerprint density at radius 2 is 2.10 bits per heavy atom. The predicted molar refractivity (Wildman–Crippen MR) is 68.1 cm³/mol. The molecule has 0 aliphatic rings. The molecule has 20 heavy (non-hydrogen) atoms. The zero-order valence-corrected chi connectivity index (χ0v) is 11.8. The van der Waals surface area contributed by atoms with E-state index in [1.54, 1.807) is 10.9 Å². The molecule has 116 valence electrons. The highest BCUT2D eigenvalue weighted by Crippen LogP contribution is 2.18. The number of aromatic nitrogens is 3. The molecule has 8 heteroatoms. The largest absolute Gasteiger partial charge is 0.391 e. The molecule has 0 saturated heterocycles. The lowest BCUT2D eigenvalue weighted by molar-refractivity contribution is -0.145. The summed E-state index contributed by atoms with van der Waals surface area (Å²) in [7, 11) is 0. The maximum atomic E-state index is 11.9. The molecule has 1 rings (SSSR count). The Labute approximate surface area is 116 Å². The van der Waals surface area contributed by atoms with Gasteiger partial charge in [0, 0.05) is 12.7 Å². The van der Waals surface area contributed by atoms with Gasteiger partial charge in [-0.25, -0.2) is 4.68 Å². The van der Waals surface area contributed by atoms with E-state index >= 15 is 0 Å². The zero-order chi connectivity index (χ0) is 15.0. The van der Waals surface area contributed by atoms with Crippen molar-refractivity contribution in [1.82, 2.24) is 20.3 Å². The Kier molecular flexibility index (Phi) is 6.94. The summed E-state index contributed by atoms with van der Waals surface area (Å²) in [5, 5.41) is 11.1. The maximum Gasteiger partial charge on any atom is 0.391 e. The fourth-order valence-electron chi connectivity index (χ4n) is 1.47. The van der Waals surface area contributed by atoms with Gasteiger partial charge in [-0.05, 0) is 12.5 Å². The molecule has 1 aromatic heterocycles. The van der Waals surface area contributed by atoms with Crippen molar-refractivity contribution >= 4 is 0 Å². The van der Waals surface area contributed by atoms with Crippen LogP contribution in [0.4, 0.5) is 13.2 Å². The van der Waals surface area contributed by atoms with Crippen molar-refractivity contribution in [2.75, 3.05) is 19.8 Å². The fraction of sp³-hybridized carbons (Fsp3) is 0.833. The minimum Gasteiger partial charge on any atom is -0.379 e. The van der Waals surface area contributed by atoms with Gasteiger partial charge in [-0.1, -0.05) is 19.1 Å². The van der Waals surface area contributed by atoms with E-state index in [0.29, 0.717) is 19.0 Å². The SMILES string of the molecule is CC(C)CNCc1cn(CCOCCC(F)(F)F)nn1. The highest BCUT2D eigenvalue weighted by molar-refractivity contribution is 4.91. The standard InChI is InChI=1S/C12H21F3N4O/c1-10(2)7-16-8-11-9-19(18-17-11)4-6-20-5-3-12(13,14)15/h9-10,16H,3-8H2,1-2H3. The Hall–Kier alpha value is -1.15. The molecular formula is C12H21F3N4O. The fourth-order valence-corrected chi connectivity index (χ4v) is 1.47. The molecule has 5 nitrogen and oxygen atoms in total. The first-order chi connectivity index (χ1) is 9.37. The van der Waals surface area contributed by atoms with Gasteiger partial charge in [0.25, 0.3) is 0 Å². The molecule has 0 saturated carbocycles. The minimum atomic E-state index is -4.16. The molecule has 0 aliphatic heterocycles. The van der Waals surface area contributed by atoms with Gasteiger partial charge < -0.3 is 10.1 Å². The minimum absolute atomic E-state index is 0.193. The lowest BCUT2D eigenvalue weighted by Crippen LogP contribution is -2.19. The van der Waals surface area contributed by atoms with E-state index in [0.717, 1.165) is 12.2 Å². The van der Waals surface area contributed by atoms with Crippen LogP contribution in [0.15, 0.2) is 6.20 Å². The first-order valence-corrected chi connectivity index (χ1v) is 6.61. The van der Waals surface area contributed by atoms with Gasteiger partial charge >= 0.3 is 6.18 Å². The Morgan fingerprint density at radius 1 is 1.35 bits per heavy atom. The Morgan fingerprint density at radius 3 is 2.75 bits per heavy atom. The summed E-state index contributed by atoms with van der Waals surface area (Å²) >= 11 is 0. The van der Waals surface area contributed by atoms with Crippen LogP contribution in [-0.4, -0.2) is 40.9 Å². The molecule has 0 aliphatic carbocycles. The van der Waals surface area contributed by atoms with E-state index in [2.05, 4.69) is 29.5 Å². The second-order valence-corrected chi connectivity index (χ2v) is 4.98. The Bertz CT molecular complexity index is 379. The van der Waals surface area contributed by atoms with Gasteiger partial charge in [-0.15, -0.1) is 5.10 Å².